The van der Waals surface area contributed by atoms with Crippen LogP contribution in [0.2, 0.25) is 0 Å². The quantitative estimate of drug-likeness (QED) is 0.850. The van der Waals surface area contributed by atoms with E-state index in [2.05, 4.69) is 9.98 Å². The van der Waals surface area contributed by atoms with E-state index in [9.17, 15) is 4.79 Å². The number of nitrogens with zero attached hydrogens (tertiary/aromatic N) is 3. The van der Waals surface area contributed by atoms with Crippen LogP contribution in [0.3, 0.4) is 0 Å². The van der Waals surface area contributed by atoms with E-state index in [4.69, 9.17) is 0 Å². The van der Waals surface area contributed by atoms with E-state index in [0.29, 0.717) is 16.7 Å². The molecule has 0 aliphatic carbocycles. The molecule has 1 aliphatic heterocycles. The van der Waals surface area contributed by atoms with E-state index in [1.54, 1.807) is 4.90 Å². The number of hydrogen-bond acceptors (Lipinski definition) is 4. The van der Waals surface area contributed by atoms with Crippen LogP contribution in [0.25, 0.3) is 0 Å². The van der Waals surface area contributed by atoms with Crippen molar-refractivity contribution in [3.8, 4) is 0 Å². The van der Waals surface area contributed by atoms with Crippen molar-refractivity contribution in [1.29, 1.82) is 0 Å². The van der Waals surface area contributed by atoms with E-state index in [1.165, 1.54) is 11.8 Å². The average Bonchev–Trinajstić information content (AvgIpc) is 2.81. The van der Waals surface area contributed by atoms with Crippen LogP contribution in [0.5, 0.6) is 0 Å². The summed E-state index contributed by atoms with van der Waals surface area (Å²) in [5, 5.41) is 0.680. The molecule has 0 atom stereocenters. The standard InChI is InChI=1S/C15H13N3OS/c1-11-6-5-9-13(16-11)17-15-18(14(19)10-20-15)12-7-3-2-4-8-12/h2-9H,10H2,1H3/b17-15+. The smallest absolute Gasteiger partial charge is 0.243 e. The third kappa shape index (κ3) is 2.58. The van der Waals surface area contributed by atoms with Crippen molar-refractivity contribution in [1.82, 2.24) is 4.98 Å². The third-order valence-electron chi connectivity index (χ3n) is 2.86. The summed E-state index contributed by atoms with van der Waals surface area (Å²) in [5.41, 5.74) is 1.75. The highest BCUT2D eigenvalue weighted by Gasteiger charge is 2.29. The molecule has 0 N–H and O–H groups in total. The predicted molar refractivity (Wildman–Crippen MR) is 82.5 cm³/mol. The molecule has 1 saturated heterocycles. The number of carbonyl (C=O) groups excluding carboxylic acids is 1. The Morgan fingerprint density at radius 2 is 1.95 bits per heavy atom. The van der Waals surface area contributed by atoms with Gasteiger partial charge >= 0.3 is 0 Å². The number of amidine groups is 1. The molecule has 1 fully saturated rings. The molecule has 1 aromatic heterocycles. The van der Waals surface area contributed by atoms with Crippen LogP contribution in [0.4, 0.5) is 11.5 Å². The van der Waals surface area contributed by atoms with E-state index in [0.717, 1.165) is 11.4 Å². The fourth-order valence-corrected chi connectivity index (χ4v) is 2.84. The normalized spacial score (nSPS) is 16.9. The van der Waals surface area contributed by atoms with Crippen LogP contribution in [0.1, 0.15) is 5.69 Å². The SMILES string of the molecule is Cc1cccc(/N=C2/SCC(=O)N2c2ccccc2)n1. The van der Waals surface area contributed by atoms with E-state index in [1.807, 2.05) is 55.5 Å². The molecule has 0 radical (unpaired) electrons. The number of carbonyl (C=O) groups is 1. The first kappa shape index (κ1) is 12.9. The number of amides is 1. The second-order valence-electron chi connectivity index (χ2n) is 4.38. The Labute approximate surface area is 121 Å². The molecule has 5 heteroatoms. The van der Waals surface area contributed by atoms with Crippen LogP contribution in [0.15, 0.2) is 53.5 Å². The van der Waals surface area contributed by atoms with Gasteiger partial charge in [0.2, 0.25) is 5.91 Å². The Kier molecular flexibility index (Phi) is 3.52. The molecule has 0 spiro atoms. The van der Waals surface area contributed by atoms with E-state index >= 15 is 0 Å². The molecule has 0 unspecified atom stereocenters. The Bertz CT molecular complexity index is 670. The number of aryl methyl sites for hydroxylation is 1. The van der Waals surface area contributed by atoms with E-state index in [-0.39, 0.29) is 5.91 Å². The lowest BCUT2D eigenvalue weighted by Crippen LogP contribution is -2.28. The summed E-state index contributed by atoms with van der Waals surface area (Å²) in [6.07, 6.45) is 0. The minimum Gasteiger partial charge on any atom is -0.273 e. The molecule has 0 saturated carbocycles. The van der Waals surface area contributed by atoms with Gasteiger partial charge < -0.3 is 0 Å². The van der Waals surface area contributed by atoms with Gasteiger partial charge in [-0.3, -0.25) is 9.69 Å². The number of aromatic nitrogens is 1. The first-order chi connectivity index (χ1) is 9.74. The summed E-state index contributed by atoms with van der Waals surface area (Å²) in [7, 11) is 0. The van der Waals surface area contributed by atoms with Crippen molar-refractivity contribution in [3.05, 3.63) is 54.2 Å². The molecule has 3 rings (SSSR count). The molecule has 2 heterocycles. The fourth-order valence-electron chi connectivity index (χ4n) is 1.96. The Morgan fingerprint density at radius 1 is 1.15 bits per heavy atom. The van der Waals surface area contributed by atoms with Crippen molar-refractivity contribution in [2.45, 2.75) is 6.92 Å². The molecule has 2 aromatic rings. The summed E-state index contributed by atoms with van der Waals surface area (Å²) >= 11 is 1.44. The number of hydrogen-bond donors (Lipinski definition) is 0. The first-order valence-corrected chi connectivity index (χ1v) is 7.26. The summed E-state index contributed by atoms with van der Waals surface area (Å²) in [4.78, 5) is 22.5. The van der Waals surface area contributed by atoms with Gasteiger partial charge in [-0.25, -0.2) is 9.98 Å². The van der Waals surface area contributed by atoms with Crippen molar-refractivity contribution < 1.29 is 4.79 Å². The number of pyridine rings is 1. The monoisotopic (exact) mass is 283 g/mol. The van der Waals surface area contributed by atoms with Gasteiger partial charge in [-0.05, 0) is 31.2 Å². The van der Waals surface area contributed by atoms with Crippen molar-refractivity contribution in [2.24, 2.45) is 4.99 Å². The van der Waals surface area contributed by atoms with Crippen LogP contribution < -0.4 is 4.90 Å². The zero-order valence-corrected chi connectivity index (χ0v) is 11.8. The second-order valence-corrected chi connectivity index (χ2v) is 5.33. The van der Waals surface area contributed by atoms with Crippen LogP contribution in [0, 0.1) is 6.92 Å². The zero-order valence-electron chi connectivity index (χ0n) is 11.0. The molecule has 1 aromatic carbocycles. The number of para-hydroxylation sites is 1. The van der Waals surface area contributed by atoms with Gasteiger partial charge in [0.15, 0.2) is 11.0 Å². The minimum absolute atomic E-state index is 0.0487. The van der Waals surface area contributed by atoms with Gasteiger partial charge in [0.25, 0.3) is 0 Å². The van der Waals surface area contributed by atoms with E-state index < -0.39 is 0 Å². The number of thioether (sulfide) groups is 1. The van der Waals surface area contributed by atoms with Crippen molar-refractivity contribution in [3.63, 3.8) is 0 Å². The lowest BCUT2D eigenvalue weighted by Gasteiger charge is -2.15. The Hall–Kier alpha value is -2.14. The topological polar surface area (TPSA) is 45.6 Å². The van der Waals surface area contributed by atoms with Crippen LogP contribution in [-0.4, -0.2) is 21.8 Å². The maximum Gasteiger partial charge on any atom is 0.243 e. The molecular weight excluding hydrogens is 270 g/mol. The Balaban J connectivity index is 1.98. The Morgan fingerprint density at radius 3 is 2.70 bits per heavy atom. The number of anilines is 1. The van der Waals surface area contributed by atoms with Gasteiger partial charge in [0.1, 0.15) is 0 Å². The number of aliphatic imine (C=N–C) groups is 1. The lowest BCUT2D eigenvalue weighted by atomic mass is 10.3. The summed E-state index contributed by atoms with van der Waals surface area (Å²) < 4.78 is 0. The summed E-state index contributed by atoms with van der Waals surface area (Å²) in [6.45, 7) is 1.92. The second kappa shape index (κ2) is 5.46. The zero-order chi connectivity index (χ0) is 13.9. The van der Waals surface area contributed by atoms with Crippen molar-refractivity contribution in [2.75, 3.05) is 10.7 Å². The predicted octanol–water partition coefficient (Wildman–Crippen LogP) is 3.16. The number of benzene rings is 1. The van der Waals surface area contributed by atoms with Gasteiger partial charge in [-0.2, -0.15) is 0 Å². The van der Waals surface area contributed by atoms with Gasteiger partial charge in [-0.1, -0.05) is 36.0 Å². The molecule has 1 amide bonds. The van der Waals surface area contributed by atoms with Gasteiger partial charge in [0.05, 0.1) is 11.4 Å². The van der Waals surface area contributed by atoms with Crippen LogP contribution >= 0.6 is 11.8 Å². The highest BCUT2D eigenvalue weighted by molar-refractivity contribution is 8.15. The third-order valence-corrected chi connectivity index (χ3v) is 3.79. The first-order valence-electron chi connectivity index (χ1n) is 6.27. The van der Waals surface area contributed by atoms with Gasteiger partial charge in [0, 0.05) is 5.69 Å². The molecule has 4 nitrogen and oxygen atoms in total. The highest BCUT2D eigenvalue weighted by Crippen LogP contribution is 2.28. The summed E-state index contributed by atoms with van der Waals surface area (Å²) in [6, 6.07) is 15.2. The highest BCUT2D eigenvalue weighted by atomic mass is 32.2. The molecule has 100 valence electrons. The average molecular weight is 283 g/mol. The molecule has 0 bridgehead atoms. The fraction of sp³-hybridized carbons (Fsp3) is 0.133. The molecular formula is C15H13N3OS. The summed E-state index contributed by atoms with van der Waals surface area (Å²) in [5.74, 6) is 1.09. The number of rotatable bonds is 2. The van der Waals surface area contributed by atoms with Crippen molar-refractivity contribution >= 4 is 34.3 Å². The molecule has 1 aliphatic rings. The maximum atomic E-state index is 12.0. The van der Waals surface area contributed by atoms with Gasteiger partial charge in [-0.15, -0.1) is 0 Å². The molecule has 20 heavy (non-hydrogen) atoms. The maximum absolute atomic E-state index is 12.0. The van der Waals surface area contributed by atoms with Crippen LogP contribution in [-0.2, 0) is 4.79 Å². The lowest BCUT2D eigenvalue weighted by molar-refractivity contribution is -0.115. The minimum atomic E-state index is 0.0487. The largest absolute Gasteiger partial charge is 0.273 e.